The number of allylic oxidation sites excluding steroid dienone is 3. The summed E-state index contributed by atoms with van der Waals surface area (Å²) in [6, 6.07) is 6.95. The molecule has 2 rings (SSSR count). The van der Waals surface area contributed by atoms with E-state index >= 15 is 0 Å². The van der Waals surface area contributed by atoms with E-state index in [2.05, 4.69) is 17.2 Å². The largest absolute Gasteiger partial charge is 0.507 e. The van der Waals surface area contributed by atoms with Crippen LogP contribution >= 0.6 is 0 Å². The van der Waals surface area contributed by atoms with Gasteiger partial charge in [0.05, 0.1) is 6.04 Å². The van der Waals surface area contributed by atoms with Crippen molar-refractivity contribution in [1.82, 2.24) is 5.32 Å². The SMILES string of the molecule is CC(N=C/C(=C\N)C(/C=C(\N)c1ccccc1O)=C(N)N)C1CCNCC1. The van der Waals surface area contributed by atoms with E-state index in [1.54, 1.807) is 36.6 Å². The molecule has 1 atom stereocenters. The van der Waals surface area contributed by atoms with Crippen LogP contribution in [-0.2, 0) is 0 Å². The van der Waals surface area contributed by atoms with Crippen molar-refractivity contribution in [1.29, 1.82) is 0 Å². The molecule has 10 N–H and O–H groups in total. The molecule has 0 radical (unpaired) electrons. The molecule has 0 amide bonds. The molecule has 1 heterocycles. The molecular weight excluding hydrogens is 340 g/mol. The zero-order chi connectivity index (χ0) is 19.8. The number of aliphatic imine (C=N–C) groups is 1. The lowest BCUT2D eigenvalue weighted by Crippen LogP contribution is -2.32. The second kappa shape index (κ2) is 9.68. The van der Waals surface area contributed by atoms with Crippen LogP contribution in [0.15, 0.2) is 58.5 Å². The van der Waals surface area contributed by atoms with Gasteiger partial charge < -0.3 is 33.4 Å². The van der Waals surface area contributed by atoms with Crippen molar-refractivity contribution >= 4 is 11.9 Å². The predicted octanol–water partition coefficient (Wildman–Crippen LogP) is 1.12. The van der Waals surface area contributed by atoms with Crippen LogP contribution in [0.1, 0.15) is 25.3 Å². The van der Waals surface area contributed by atoms with Crippen LogP contribution in [0.4, 0.5) is 0 Å². The average Bonchev–Trinajstić information content (AvgIpc) is 2.68. The van der Waals surface area contributed by atoms with Crippen molar-refractivity contribution in [2.24, 2.45) is 33.8 Å². The highest BCUT2D eigenvalue weighted by atomic mass is 16.3. The normalized spacial score (nSPS) is 17.8. The fourth-order valence-corrected chi connectivity index (χ4v) is 3.13. The molecule has 146 valence electrons. The van der Waals surface area contributed by atoms with Crippen molar-refractivity contribution in [3.63, 3.8) is 0 Å². The molecule has 0 bridgehead atoms. The highest BCUT2D eigenvalue weighted by Crippen LogP contribution is 2.24. The lowest BCUT2D eigenvalue weighted by atomic mass is 9.91. The van der Waals surface area contributed by atoms with Gasteiger partial charge in [0.25, 0.3) is 0 Å². The average molecular weight is 371 g/mol. The number of aromatic hydroxyl groups is 1. The van der Waals surface area contributed by atoms with E-state index in [0.717, 1.165) is 25.9 Å². The number of nitrogens with one attached hydrogen (secondary N) is 1. The van der Waals surface area contributed by atoms with Gasteiger partial charge in [-0.2, -0.15) is 0 Å². The first-order chi connectivity index (χ1) is 12.9. The molecule has 1 aromatic carbocycles. The van der Waals surface area contributed by atoms with E-state index < -0.39 is 0 Å². The van der Waals surface area contributed by atoms with E-state index in [1.807, 2.05) is 0 Å². The predicted molar refractivity (Wildman–Crippen MR) is 111 cm³/mol. The standard InChI is InChI=1S/C20H30N6O/c1-13(14-6-8-25-9-7-14)26-12-15(11-21)17(20(23)24)10-18(22)16-4-2-3-5-19(16)27/h2-5,10-14,25,27H,6-9,21-24H2,1H3/b15-11+,18-10-,26-12?. The van der Waals surface area contributed by atoms with Gasteiger partial charge >= 0.3 is 0 Å². The van der Waals surface area contributed by atoms with E-state index in [9.17, 15) is 5.11 Å². The second-order valence-electron chi connectivity index (χ2n) is 6.71. The molecule has 1 aliphatic rings. The van der Waals surface area contributed by atoms with E-state index in [4.69, 9.17) is 22.9 Å². The summed E-state index contributed by atoms with van der Waals surface area (Å²) in [7, 11) is 0. The molecule has 0 spiro atoms. The van der Waals surface area contributed by atoms with Gasteiger partial charge in [0, 0.05) is 34.8 Å². The maximum atomic E-state index is 9.98. The van der Waals surface area contributed by atoms with E-state index in [0.29, 0.717) is 28.3 Å². The highest BCUT2D eigenvalue weighted by molar-refractivity contribution is 5.88. The summed E-state index contributed by atoms with van der Waals surface area (Å²) in [5, 5.41) is 13.3. The molecule has 1 aliphatic heterocycles. The minimum Gasteiger partial charge on any atom is -0.507 e. The zero-order valence-electron chi connectivity index (χ0n) is 15.7. The fourth-order valence-electron chi connectivity index (χ4n) is 3.13. The topological polar surface area (TPSA) is 149 Å². The first-order valence-electron chi connectivity index (χ1n) is 9.11. The van der Waals surface area contributed by atoms with E-state index in [1.165, 1.54) is 6.20 Å². The van der Waals surface area contributed by atoms with Gasteiger partial charge in [-0.1, -0.05) is 12.1 Å². The minimum absolute atomic E-state index is 0.0750. The number of phenols is 1. The number of hydrogen-bond donors (Lipinski definition) is 6. The quantitative estimate of drug-likeness (QED) is 0.326. The lowest BCUT2D eigenvalue weighted by Gasteiger charge is -2.25. The van der Waals surface area contributed by atoms with Crippen molar-refractivity contribution in [2.45, 2.75) is 25.8 Å². The number of rotatable bonds is 6. The third-order valence-electron chi connectivity index (χ3n) is 4.83. The number of nitrogens with zero attached hydrogens (tertiary/aromatic N) is 1. The van der Waals surface area contributed by atoms with Crippen molar-refractivity contribution < 1.29 is 5.11 Å². The summed E-state index contributed by atoms with van der Waals surface area (Å²) in [5.41, 5.74) is 25.5. The number of para-hydroxylation sites is 1. The molecule has 7 nitrogen and oxygen atoms in total. The van der Waals surface area contributed by atoms with Crippen LogP contribution in [0.5, 0.6) is 5.75 Å². The lowest BCUT2D eigenvalue weighted by molar-refractivity contribution is 0.332. The Morgan fingerprint density at radius 3 is 2.48 bits per heavy atom. The number of hydrogen-bond acceptors (Lipinski definition) is 7. The van der Waals surface area contributed by atoms with Gasteiger partial charge in [-0.25, -0.2) is 0 Å². The Kier molecular flexibility index (Phi) is 7.31. The van der Waals surface area contributed by atoms with Gasteiger partial charge in [0.2, 0.25) is 0 Å². The van der Waals surface area contributed by atoms with Crippen molar-refractivity contribution in [3.8, 4) is 5.75 Å². The Balaban J connectivity index is 2.23. The molecule has 0 aliphatic carbocycles. The summed E-state index contributed by atoms with van der Waals surface area (Å²) < 4.78 is 0. The van der Waals surface area contributed by atoms with E-state index in [-0.39, 0.29) is 17.6 Å². The van der Waals surface area contributed by atoms with Crippen LogP contribution in [0.3, 0.4) is 0 Å². The van der Waals surface area contributed by atoms with Gasteiger partial charge in [-0.3, -0.25) is 4.99 Å². The zero-order valence-corrected chi connectivity index (χ0v) is 15.7. The minimum atomic E-state index is 0.0750. The molecule has 0 aromatic heterocycles. The monoisotopic (exact) mass is 370 g/mol. The molecule has 7 heteroatoms. The van der Waals surface area contributed by atoms with Gasteiger partial charge in [0.15, 0.2) is 0 Å². The first kappa shape index (κ1) is 20.4. The third kappa shape index (κ3) is 5.52. The van der Waals surface area contributed by atoms with Crippen LogP contribution in [0, 0.1) is 5.92 Å². The Bertz CT molecular complexity index is 755. The molecule has 1 fully saturated rings. The Morgan fingerprint density at radius 2 is 1.89 bits per heavy atom. The number of phenolic OH excluding ortho intramolecular Hbond substituents is 1. The summed E-state index contributed by atoms with van der Waals surface area (Å²) in [6.45, 7) is 4.14. The smallest absolute Gasteiger partial charge is 0.124 e. The summed E-state index contributed by atoms with van der Waals surface area (Å²) in [6.07, 6.45) is 6.90. The third-order valence-corrected chi connectivity index (χ3v) is 4.83. The Morgan fingerprint density at radius 1 is 1.22 bits per heavy atom. The second-order valence-corrected chi connectivity index (χ2v) is 6.71. The first-order valence-corrected chi connectivity index (χ1v) is 9.11. The van der Waals surface area contributed by atoms with Crippen LogP contribution < -0.4 is 28.3 Å². The molecular formula is C20H30N6O. The summed E-state index contributed by atoms with van der Waals surface area (Å²) >= 11 is 0. The van der Waals surface area contributed by atoms with Crippen molar-refractivity contribution in [2.75, 3.05) is 13.1 Å². The Labute approximate surface area is 160 Å². The number of nitrogens with two attached hydrogens (primary N) is 4. The maximum Gasteiger partial charge on any atom is 0.124 e. The van der Waals surface area contributed by atoms with Gasteiger partial charge in [-0.15, -0.1) is 0 Å². The van der Waals surface area contributed by atoms with Crippen LogP contribution in [0.25, 0.3) is 5.70 Å². The highest BCUT2D eigenvalue weighted by Gasteiger charge is 2.19. The van der Waals surface area contributed by atoms with Gasteiger partial charge in [-0.05, 0) is 57.0 Å². The van der Waals surface area contributed by atoms with Crippen molar-refractivity contribution in [3.05, 3.63) is 59.1 Å². The fraction of sp³-hybridized carbons (Fsp3) is 0.350. The maximum absolute atomic E-state index is 9.98. The summed E-state index contributed by atoms with van der Waals surface area (Å²) in [5.74, 6) is 0.685. The summed E-state index contributed by atoms with van der Waals surface area (Å²) in [4.78, 5) is 4.65. The molecule has 1 unspecified atom stereocenters. The molecule has 1 saturated heterocycles. The molecule has 27 heavy (non-hydrogen) atoms. The number of benzene rings is 1. The molecule has 1 aromatic rings. The number of piperidine rings is 1. The Hall–Kier alpha value is -2.93. The molecule has 0 saturated carbocycles. The van der Waals surface area contributed by atoms with Crippen LogP contribution in [0.2, 0.25) is 0 Å². The van der Waals surface area contributed by atoms with Crippen LogP contribution in [-0.4, -0.2) is 30.5 Å². The van der Waals surface area contributed by atoms with Gasteiger partial charge in [0.1, 0.15) is 11.6 Å².